The minimum absolute atomic E-state index is 0.839. The van der Waals surface area contributed by atoms with Gasteiger partial charge in [0.1, 0.15) is 0 Å². The van der Waals surface area contributed by atoms with Crippen molar-refractivity contribution in [3.63, 3.8) is 0 Å². The molecule has 0 unspecified atom stereocenters. The zero-order valence-electron chi connectivity index (χ0n) is 8.05. The van der Waals surface area contributed by atoms with Crippen LogP contribution in [-0.2, 0) is 0 Å². The van der Waals surface area contributed by atoms with Gasteiger partial charge in [-0.3, -0.25) is 0 Å². The van der Waals surface area contributed by atoms with E-state index in [2.05, 4.69) is 17.3 Å². The minimum atomic E-state index is 0.839. The molecule has 1 aromatic rings. The molecule has 0 saturated heterocycles. The Bertz CT molecular complexity index is 606. The fraction of sp³-hybridized carbons (Fsp3) is 0. The van der Waals surface area contributed by atoms with E-state index in [9.17, 15) is 0 Å². The molecule has 2 nitrogen and oxygen atoms in total. The lowest BCUT2D eigenvalue weighted by Crippen LogP contribution is -2.18. The topological polar surface area (TPSA) is 21.6 Å². The predicted octanol–water partition coefficient (Wildman–Crippen LogP) is 1.21. The largest absolute Gasteiger partial charge is 0.356 e. The smallest absolute Gasteiger partial charge is 0.173 e. The third-order valence-electron chi connectivity index (χ3n) is 2.48. The number of fused-ring (bicyclic) bond motifs is 3. The lowest BCUT2D eigenvalue weighted by atomic mass is 10.1. The first-order valence-electron chi connectivity index (χ1n) is 4.84. The van der Waals surface area contributed by atoms with Crippen LogP contribution in [0.1, 0.15) is 5.56 Å². The molecule has 2 aliphatic rings. The van der Waals surface area contributed by atoms with Gasteiger partial charge in [-0.15, -0.1) is 0 Å². The molecule has 1 heterocycles. The van der Waals surface area contributed by atoms with E-state index in [1.54, 1.807) is 6.21 Å². The third-order valence-corrected chi connectivity index (χ3v) is 2.48. The molecule has 3 rings (SSSR count). The third kappa shape index (κ3) is 1.31. The van der Waals surface area contributed by atoms with Crippen molar-refractivity contribution in [2.24, 2.45) is 5.16 Å². The summed E-state index contributed by atoms with van der Waals surface area (Å²) in [5.41, 5.74) is 1.09. The molecule has 0 atom stereocenters. The highest BCUT2D eigenvalue weighted by atomic mass is 16.6. The van der Waals surface area contributed by atoms with Gasteiger partial charge in [-0.05, 0) is 11.3 Å². The molecule has 1 aromatic carbocycles. The number of oxime groups is 1. The lowest BCUT2D eigenvalue weighted by Gasteiger charge is -2.07. The first kappa shape index (κ1) is 8.24. The number of nitrogens with zero attached hydrogens (tertiary/aromatic N) is 1. The van der Waals surface area contributed by atoms with Crippen LogP contribution in [0.3, 0.4) is 0 Å². The summed E-state index contributed by atoms with van der Waals surface area (Å²) >= 11 is 0. The fourth-order valence-corrected chi connectivity index (χ4v) is 1.75. The van der Waals surface area contributed by atoms with Crippen molar-refractivity contribution in [2.75, 3.05) is 0 Å². The standard InChI is InChI=1S/C13H9NO/c1-2-4-10-6-7-11-8-9-14-15-13(11)12(10)5-3-1/h1-9H. The first-order chi connectivity index (χ1) is 7.45. The van der Waals surface area contributed by atoms with E-state index in [0.717, 1.165) is 21.8 Å². The van der Waals surface area contributed by atoms with Crippen LogP contribution < -0.4 is 15.3 Å². The van der Waals surface area contributed by atoms with Crippen LogP contribution in [0.2, 0.25) is 0 Å². The zero-order valence-corrected chi connectivity index (χ0v) is 8.05. The normalized spacial score (nSPS) is 15.5. The molecule has 0 radical (unpaired) electrons. The summed E-state index contributed by atoms with van der Waals surface area (Å²) in [6.45, 7) is 0. The van der Waals surface area contributed by atoms with Crippen molar-refractivity contribution in [3.05, 3.63) is 46.4 Å². The van der Waals surface area contributed by atoms with Crippen molar-refractivity contribution >= 4 is 24.4 Å². The average Bonchev–Trinajstić information content (AvgIpc) is 2.54. The highest BCUT2D eigenvalue weighted by Gasteiger charge is 2.07. The van der Waals surface area contributed by atoms with Gasteiger partial charge in [0, 0.05) is 10.8 Å². The molecule has 15 heavy (non-hydrogen) atoms. The quantitative estimate of drug-likeness (QED) is 0.609. The average molecular weight is 195 g/mol. The maximum atomic E-state index is 5.32. The minimum Gasteiger partial charge on any atom is -0.356 e. The molecule has 2 heteroatoms. The molecule has 0 aromatic heterocycles. The van der Waals surface area contributed by atoms with Gasteiger partial charge in [0.2, 0.25) is 0 Å². The van der Waals surface area contributed by atoms with E-state index in [4.69, 9.17) is 4.84 Å². The molecule has 0 spiro atoms. The van der Waals surface area contributed by atoms with Gasteiger partial charge in [0.05, 0.1) is 6.21 Å². The van der Waals surface area contributed by atoms with Crippen LogP contribution in [0.15, 0.2) is 35.5 Å². The summed E-state index contributed by atoms with van der Waals surface area (Å²) in [6, 6.07) is 4.13. The summed E-state index contributed by atoms with van der Waals surface area (Å²) in [6.07, 6.45) is 13.7. The van der Waals surface area contributed by atoms with E-state index in [0.29, 0.717) is 0 Å². The second-order valence-electron chi connectivity index (χ2n) is 3.41. The Balaban J connectivity index is 2.41. The van der Waals surface area contributed by atoms with E-state index in [-0.39, 0.29) is 0 Å². The van der Waals surface area contributed by atoms with Crippen molar-refractivity contribution in [1.29, 1.82) is 0 Å². The van der Waals surface area contributed by atoms with Crippen molar-refractivity contribution in [1.82, 2.24) is 0 Å². The van der Waals surface area contributed by atoms with Gasteiger partial charge in [0.15, 0.2) is 5.75 Å². The SMILES string of the molecule is C1=CC=c2ccc3c(c2C=C1)ON=CC=3. The predicted molar refractivity (Wildman–Crippen MR) is 61.9 cm³/mol. The van der Waals surface area contributed by atoms with Crippen molar-refractivity contribution in [2.45, 2.75) is 0 Å². The molecular weight excluding hydrogens is 186 g/mol. The van der Waals surface area contributed by atoms with Crippen LogP contribution in [0.5, 0.6) is 5.75 Å². The van der Waals surface area contributed by atoms with Crippen molar-refractivity contribution < 1.29 is 4.84 Å². The second kappa shape index (κ2) is 3.24. The maximum absolute atomic E-state index is 5.32. The Morgan fingerprint density at radius 1 is 0.933 bits per heavy atom. The number of hydrogen-bond acceptors (Lipinski definition) is 2. The maximum Gasteiger partial charge on any atom is 0.173 e. The molecule has 0 amide bonds. The van der Waals surface area contributed by atoms with E-state index < -0.39 is 0 Å². The Hall–Kier alpha value is -2.09. The summed E-state index contributed by atoms with van der Waals surface area (Å²) < 4.78 is 0. The molecule has 0 bridgehead atoms. The summed E-state index contributed by atoms with van der Waals surface area (Å²) in [4.78, 5) is 5.32. The molecule has 72 valence electrons. The highest BCUT2D eigenvalue weighted by molar-refractivity contribution is 5.92. The molecule has 1 aliphatic carbocycles. The number of rotatable bonds is 0. The van der Waals surface area contributed by atoms with Gasteiger partial charge in [-0.2, -0.15) is 0 Å². The summed E-state index contributed by atoms with van der Waals surface area (Å²) in [7, 11) is 0. The van der Waals surface area contributed by atoms with E-state index >= 15 is 0 Å². The van der Waals surface area contributed by atoms with Crippen molar-refractivity contribution in [3.8, 4) is 5.75 Å². The van der Waals surface area contributed by atoms with Crippen LogP contribution in [-0.4, -0.2) is 6.21 Å². The number of benzene rings is 1. The fourth-order valence-electron chi connectivity index (χ4n) is 1.75. The van der Waals surface area contributed by atoms with Crippen LogP contribution in [0, 0.1) is 0 Å². The van der Waals surface area contributed by atoms with Gasteiger partial charge in [-0.1, -0.05) is 47.7 Å². The Morgan fingerprint density at radius 2 is 1.87 bits per heavy atom. The second-order valence-corrected chi connectivity index (χ2v) is 3.41. The van der Waals surface area contributed by atoms with Gasteiger partial charge >= 0.3 is 0 Å². The number of hydrogen-bond donors (Lipinski definition) is 0. The number of allylic oxidation sites excluding steroid dienone is 3. The molecular formula is C13H9NO. The zero-order chi connectivity index (χ0) is 10.1. The van der Waals surface area contributed by atoms with Gasteiger partial charge in [0.25, 0.3) is 0 Å². The van der Waals surface area contributed by atoms with Gasteiger partial charge in [-0.25, -0.2) is 0 Å². The Kier molecular flexibility index (Phi) is 1.78. The van der Waals surface area contributed by atoms with Gasteiger partial charge < -0.3 is 4.84 Å². The molecule has 0 fully saturated rings. The summed E-state index contributed by atoms with van der Waals surface area (Å²) in [5.74, 6) is 0.839. The van der Waals surface area contributed by atoms with Crippen LogP contribution in [0.4, 0.5) is 0 Å². The van der Waals surface area contributed by atoms with Crippen LogP contribution in [0.25, 0.3) is 18.2 Å². The summed E-state index contributed by atoms with van der Waals surface area (Å²) in [5, 5.41) is 6.04. The Labute approximate surface area is 87.2 Å². The molecule has 0 N–H and O–H groups in total. The first-order valence-corrected chi connectivity index (χ1v) is 4.84. The molecule has 0 saturated carbocycles. The van der Waals surface area contributed by atoms with E-state index in [1.165, 1.54) is 0 Å². The molecule has 1 aliphatic heterocycles. The Morgan fingerprint density at radius 3 is 2.87 bits per heavy atom. The van der Waals surface area contributed by atoms with Crippen LogP contribution >= 0.6 is 0 Å². The highest BCUT2D eigenvalue weighted by Crippen LogP contribution is 2.14. The van der Waals surface area contributed by atoms with E-state index in [1.807, 2.05) is 36.4 Å². The lowest BCUT2D eigenvalue weighted by molar-refractivity contribution is 0.338. The monoisotopic (exact) mass is 195 g/mol.